The number of amides is 3. The average Bonchev–Trinajstić information content (AvgIpc) is 3.81. The molecule has 362 valence electrons. The van der Waals surface area contributed by atoms with Gasteiger partial charge in [-0.05, 0) is 25.7 Å². The number of carbonyl (C=O) groups is 4. The number of esters is 2. The minimum absolute atomic E-state index is 0.0149. The Kier molecular flexibility index (Phi) is 33.9. The summed E-state index contributed by atoms with van der Waals surface area (Å²) in [6.45, 7) is 3.47. The first-order valence-electron chi connectivity index (χ1n) is 25.1. The van der Waals surface area contributed by atoms with Crippen LogP contribution in [0.1, 0.15) is 219 Å². The van der Waals surface area contributed by atoms with E-state index in [0.29, 0.717) is 30.9 Å². The Labute approximate surface area is 380 Å². The van der Waals surface area contributed by atoms with Crippen molar-refractivity contribution in [2.24, 2.45) is 0 Å². The lowest BCUT2D eigenvalue weighted by Crippen LogP contribution is -2.36. The number of hydrogen-bond donors (Lipinski definition) is 4. The Morgan fingerprint density at radius 3 is 1.68 bits per heavy atom. The number of unbranched alkanes of at least 4 members (excludes halogenated alkanes) is 25. The molecule has 3 amide bonds. The normalized spacial score (nSPS) is 18.4. The Morgan fingerprint density at radius 1 is 0.661 bits per heavy atom. The van der Waals surface area contributed by atoms with Crippen molar-refractivity contribution in [3.05, 3.63) is 0 Å². The molecule has 2 aliphatic heterocycles. The topological polar surface area (TPSA) is 179 Å². The molecule has 62 heavy (non-hydrogen) atoms. The second-order valence-corrected chi connectivity index (χ2v) is 20.3. The summed E-state index contributed by atoms with van der Waals surface area (Å²) in [4.78, 5) is 59.6. The fourth-order valence-corrected chi connectivity index (χ4v) is 10.4. The lowest BCUT2D eigenvalue weighted by Gasteiger charge is -2.20. The van der Waals surface area contributed by atoms with Crippen molar-refractivity contribution in [3.63, 3.8) is 0 Å². The Hall–Kier alpha value is -1.86. The summed E-state index contributed by atoms with van der Waals surface area (Å²) >= 11 is 1.84. The van der Waals surface area contributed by atoms with E-state index < -0.39 is 32.5 Å². The van der Waals surface area contributed by atoms with Crippen molar-refractivity contribution >= 4 is 43.5 Å². The van der Waals surface area contributed by atoms with Gasteiger partial charge in [0, 0.05) is 36.8 Å². The third-order valence-corrected chi connectivity index (χ3v) is 14.4. The molecule has 15 heteroatoms. The van der Waals surface area contributed by atoms with Crippen molar-refractivity contribution in [1.29, 1.82) is 0 Å². The Bertz CT molecular complexity index is 1230. The minimum atomic E-state index is -4.56. The monoisotopic (exact) mass is 918 g/mol. The highest BCUT2D eigenvalue weighted by molar-refractivity contribution is 8.00. The van der Waals surface area contributed by atoms with Gasteiger partial charge in [-0.3, -0.25) is 23.4 Å². The van der Waals surface area contributed by atoms with Crippen LogP contribution in [0.2, 0.25) is 0 Å². The number of thioether (sulfide) groups is 1. The van der Waals surface area contributed by atoms with Gasteiger partial charge in [-0.1, -0.05) is 174 Å². The van der Waals surface area contributed by atoms with Crippen LogP contribution in [0.5, 0.6) is 0 Å². The zero-order valence-electron chi connectivity index (χ0n) is 38.9. The van der Waals surface area contributed by atoms with E-state index in [4.69, 9.17) is 18.5 Å². The molecule has 0 aromatic carbocycles. The van der Waals surface area contributed by atoms with Gasteiger partial charge in [0.05, 0.1) is 25.3 Å². The molecule has 5 atom stereocenters. The van der Waals surface area contributed by atoms with Gasteiger partial charge in [-0.15, -0.1) is 0 Å². The number of nitrogens with one attached hydrogen (secondary N) is 3. The first kappa shape index (κ1) is 56.3. The van der Waals surface area contributed by atoms with Crippen LogP contribution in [0.4, 0.5) is 4.79 Å². The number of phosphoric ester groups is 1. The van der Waals surface area contributed by atoms with Gasteiger partial charge in [0.1, 0.15) is 6.61 Å². The smallest absolute Gasteiger partial charge is 0.462 e. The highest BCUT2D eigenvalue weighted by Gasteiger charge is 2.42. The number of ether oxygens (including phenoxy) is 2. The molecule has 0 aliphatic carbocycles. The molecular formula is C47H88N3O10PS. The van der Waals surface area contributed by atoms with Gasteiger partial charge in [0.2, 0.25) is 5.91 Å². The number of urea groups is 1. The number of fused-ring (bicyclic) bond motifs is 1. The second-order valence-electron chi connectivity index (χ2n) is 17.6. The van der Waals surface area contributed by atoms with Crippen molar-refractivity contribution < 1.29 is 47.2 Å². The molecule has 0 aromatic heterocycles. The van der Waals surface area contributed by atoms with E-state index >= 15 is 0 Å². The summed E-state index contributed by atoms with van der Waals surface area (Å²) in [5.41, 5.74) is 0. The second kappa shape index (κ2) is 37.4. The maximum Gasteiger partial charge on any atom is 0.472 e. The molecule has 2 aliphatic rings. The molecule has 0 saturated carbocycles. The molecule has 0 bridgehead atoms. The van der Waals surface area contributed by atoms with Crippen molar-refractivity contribution in [1.82, 2.24) is 16.0 Å². The van der Waals surface area contributed by atoms with Gasteiger partial charge in [0.15, 0.2) is 6.10 Å². The summed E-state index contributed by atoms with van der Waals surface area (Å²) in [6.07, 6.45) is 33.3. The van der Waals surface area contributed by atoms with E-state index in [1.807, 2.05) is 11.8 Å². The maximum absolute atomic E-state index is 12.8. The zero-order chi connectivity index (χ0) is 44.9. The number of rotatable bonds is 43. The van der Waals surface area contributed by atoms with E-state index in [-0.39, 0.29) is 56.6 Å². The van der Waals surface area contributed by atoms with Crippen molar-refractivity contribution in [3.8, 4) is 0 Å². The van der Waals surface area contributed by atoms with Crippen molar-refractivity contribution in [2.75, 3.05) is 32.1 Å². The highest BCUT2D eigenvalue weighted by Crippen LogP contribution is 2.43. The quantitative estimate of drug-likeness (QED) is 0.0198. The van der Waals surface area contributed by atoms with Gasteiger partial charge >= 0.3 is 25.8 Å². The summed E-state index contributed by atoms with van der Waals surface area (Å²) in [6, 6.07) is 0.201. The molecule has 2 heterocycles. The SMILES string of the molecule is CCCCCCCCCCCCCCCC(=O)OC[C@H](COP(=O)(O)OCCNC(=O)CCCC[C@@H]1SC[C@@H]2NC(=O)N[C@@H]21)OC(=O)CCCCCCCCCCCCCCC. The van der Waals surface area contributed by atoms with Gasteiger partial charge < -0.3 is 30.3 Å². The van der Waals surface area contributed by atoms with E-state index in [9.17, 15) is 28.6 Å². The predicted octanol–water partition coefficient (Wildman–Crippen LogP) is 11.4. The molecule has 0 aromatic rings. The first-order valence-corrected chi connectivity index (χ1v) is 27.6. The van der Waals surface area contributed by atoms with E-state index in [1.165, 1.54) is 116 Å². The summed E-state index contributed by atoms with van der Waals surface area (Å²) in [5.74, 6) is -0.175. The largest absolute Gasteiger partial charge is 0.472 e. The average molecular weight is 918 g/mol. The van der Waals surface area contributed by atoms with Crippen LogP contribution >= 0.6 is 19.6 Å². The molecule has 2 fully saturated rings. The summed E-state index contributed by atoms with van der Waals surface area (Å²) < 4.78 is 34.0. The first-order chi connectivity index (χ1) is 30.1. The zero-order valence-corrected chi connectivity index (χ0v) is 40.7. The van der Waals surface area contributed by atoms with Crippen LogP contribution in [0.15, 0.2) is 0 Å². The maximum atomic E-state index is 12.8. The lowest BCUT2D eigenvalue weighted by atomic mass is 10.0. The molecule has 13 nitrogen and oxygen atoms in total. The van der Waals surface area contributed by atoms with Crippen LogP contribution in [-0.4, -0.2) is 84.3 Å². The molecule has 0 spiro atoms. The van der Waals surface area contributed by atoms with Crippen molar-refractivity contribution in [2.45, 2.75) is 243 Å². The fraction of sp³-hybridized carbons (Fsp3) is 0.915. The fourth-order valence-electron chi connectivity index (χ4n) is 8.12. The van der Waals surface area contributed by atoms with Gasteiger partial charge in [-0.25, -0.2) is 9.36 Å². The molecule has 1 unspecified atom stereocenters. The van der Waals surface area contributed by atoms with E-state index in [2.05, 4.69) is 29.8 Å². The van der Waals surface area contributed by atoms with Crippen LogP contribution in [-0.2, 0) is 37.5 Å². The standard InChI is InChI=1S/C47H88N3O10PS/c1-3-5-7-9-11-13-15-17-19-21-23-25-27-33-44(52)57-37-40(60-45(53)34-28-26-24-22-20-18-16-14-12-10-8-6-4-2)38-59-61(55,56)58-36-35-48-43(51)32-30-29-31-42-46-41(39-62-42)49-47(54)50-46/h40-42,46H,3-39H2,1-2H3,(H,48,51)(H,55,56)(H2,49,50,54)/t40-,41+,42+,46+/m1/s1. The molecule has 4 N–H and O–H groups in total. The van der Waals surface area contributed by atoms with Crippen LogP contribution in [0.25, 0.3) is 0 Å². The number of carbonyl (C=O) groups excluding carboxylic acids is 4. The molecular weight excluding hydrogens is 830 g/mol. The van der Waals surface area contributed by atoms with Crippen LogP contribution < -0.4 is 16.0 Å². The van der Waals surface area contributed by atoms with Crippen LogP contribution in [0.3, 0.4) is 0 Å². The summed E-state index contributed by atoms with van der Waals surface area (Å²) in [7, 11) is -4.56. The number of phosphoric acid groups is 1. The third-order valence-electron chi connectivity index (χ3n) is 11.9. The van der Waals surface area contributed by atoms with E-state index in [1.54, 1.807) is 0 Å². The Balaban J connectivity index is 1.64. The van der Waals surface area contributed by atoms with Gasteiger partial charge in [-0.2, -0.15) is 11.8 Å². The Morgan fingerprint density at radius 2 is 1.15 bits per heavy atom. The minimum Gasteiger partial charge on any atom is -0.462 e. The third kappa shape index (κ3) is 30.3. The molecule has 2 saturated heterocycles. The molecule has 0 radical (unpaired) electrons. The molecule has 2 rings (SSSR count). The highest BCUT2D eigenvalue weighted by atomic mass is 32.2. The van der Waals surface area contributed by atoms with E-state index in [0.717, 1.165) is 57.1 Å². The summed E-state index contributed by atoms with van der Waals surface area (Å²) in [5, 5.41) is 8.94. The van der Waals surface area contributed by atoms with Gasteiger partial charge in [0.25, 0.3) is 0 Å². The van der Waals surface area contributed by atoms with Crippen LogP contribution in [0, 0.1) is 0 Å². The predicted molar refractivity (Wildman–Crippen MR) is 250 cm³/mol. The number of hydrogen-bond acceptors (Lipinski definition) is 10. The lowest BCUT2D eigenvalue weighted by molar-refractivity contribution is -0.161.